The standard InChI is InChI=1S/C10H23NO/c1-6-10(5,12)9(4)11-7-8(2)3/h8-9,11-12H,6-7H2,1-5H3. The Hall–Kier alpha value is -0.0800. The summed E-state index contributed by atoms with van der Waals surface area (Å²) in [4.78, 5) is 0. The van der Waals surface area contributed by atoms with E-state index < -0.39 is 5.60 Å². The molecule has 0 aliphatic heterocycles. The van der Waals surface area contributed by atoms with Gasteiger partial charge in [0.25, 0.3) is 0 Å². The van der Waals surface area contributed by atoms with Crippen LogP contribution in [0.3, 0.4) is 0 Å². The first kappa shape index (κ1) is 11.9. The van der Waals surface area contributed by atoms with Crippen LogP contribution in [0.1, 0.15) is 41.0 Å². The minimum atomic E-state index is -0.575. The zero-order valence-electron chi connectivity index (χ0n) is 9.02. The molecule has 74 valence electrons. The first-order valence-corrected chi connectivity index (χ1v) is 4.86. The summed E-state index contributed by atoms with van der Waals surface area (Å²) >= 11 is 0. The van der Waals surface area contributed by atoms with Crippen LogP contribution >= 0.6 is 0 Å². The number of rotatable bonds is 5. The summed E-state index contributed by atoms with van der Waals surface area (Å²) in [5.41, 5.74) is -0.575. The SMILES string of the molecule is CCC(C)(O)C(C)NCC(C)C. The average molecular weight is 173 g/mol. The summed E-state index contributed by atoms with van der Waals surface area (Å²) in [6.07, 6.45) is 0.791. The maximum atomic E-state index is 9.84. The van der Waals surface area contributed by atoms with Crippen molar-refractivity contribution in [3.63, 3.8) is 0 Å². The van der Waals surface area contributed by atoms with Crippen molar-refractivity contribution in [1.29, 1.82) is 0 Å². The Morgan fingerprint density at radius 3 is 2.17 bits per heavy atom. The molecule has 12 heavy (non-hydrogen) atoms. The minimum absolute atomic E-state index is 0.171. The van der Waals surface area contributed by atoms with Crippen molar-refractivity contribution in [2.45, 2.75) is 52.7 Å². The van der Waals surface area contributed by atoms with E-state index in [9.17, 15) is 5.11 Å². The van der Waals surface area contributed by atoms with Crippen molar-refractivity contribution in [2.24, 2.45) is 5.92 Å². The van der Waals surface area contributed by atoms with Crippen LogP contribution in [0.4, 0.5) is 0 Å². The molecule has 0 aliphatic rings. The van der Waals surface area contributed by atoms with Crippen LogP contribution in [0.25, 0.3) is 0 Å². The molecule has 2 N–H and O–H groups in total. The molecule has 0 saturated heterocycles. The highest BCUT2D eigenvalue weighted by Gasteiger charge is 2.25. The molecule has 0 aromatic carbocycles. The third-order valence-electron chi connectivity index (χ3n) is 2.48. The fraction of sp³-hybridized carbons (Fsp3) is 1.00. The summed E-state index contributed by atoms with van der Waals surface area (Å²) in [5, 5.41) is 13.2. The van der Waals surface area contributed by atoms with Crippen molar-refractivity contribution in [3.05, 3.63) is 0 Å². The molecule has 0 saturated carbocycles. The Kier molecular flexibility index (Phi) is 4.80. The maximum absolute atomic E-state index is 9.84. The van der Waals surface area contributed by atoms with Crippen LogP contribution in [0.15, 0.2) is 0 Å². The van der Waals surface area contributed by atoms with Crippen molar-refractivity contribution < 1.29 is 5.11 Å². The lowest BCUT2D eigenvalue weighted by molar-refractivity contribution is 0.0210. The van der Waals surface area contributed by atoms with E-state index >= 15 is 0 Å². The molecule has 2 atom stereocenters. The van der Waals surface area contributed by atoms with Gasteiger partial charge in [-0.15, -0.1) is 0 Å². The molecule has 2 unspecified atom stereocenters. The van der Waals surface area contributed by atoms with Crippen molar-refractivity contribution in [1.82, 2.24) is 5.32 Å². The molecule has 0 amide bonds. The van der Waals surface area contributed by atoms with Gasteiger partial charge in [0.05, 0.1) is 5.60 Å². The first-order valence-electron chi connectivity index (χ1n) is 4.86. The van der Waals surface area contributed by atoms with Crippen LogP contribution in [0.2, 0.25) is 0 Å². The second-order valence-electron chi connectivity index (χ2n) is 4.23. The van der Waals surface area contributed by atoms with E-state index in [4.69, 9.17) is 0 Å². The number of aliphatic hydroxyl groups is 1. The van der Waals surface area contributed by atoms with Crippen molar-refractivity contribution in [3.8, 4) is 0 Å². The van der Waals surface area contributed by atoms with Gasteiger partial charge in [0.15, 0.2) is 0 Å². The summed E-state index contributed by atoms with van der Waals surface area (Å²) in [6, 6.07) is 0.171. The molecule has 0 aromatic rings. The van der Waals surface area contributed by atoms with E-state index in [2.05, 4.69) is 19.2 Å². The van der Waals surface area contributed by atoms with Gasteiger partial charge in [-0.1, -0.05) is 20.8 Å². The first-order chi connectivity index (χ1) is 5.40. The van der Waals surface area contributed by atoms with Gasteiger partial charge in [-0.3, -0.25) is 0 Å². The third kappa shape index (κ3) is 4.07. The summed E-state index contributed by atoms with van der Waals surface area (Å²) in [7, 11) is 0. The van der Waals surface area contributed by atoms with Gasteiger partial charge >= 0.3 is 0 Å². The second-order valence-corrected chi connectivity index (χ2v) is 4.23. The highest BCUT2D eigenvalue weighted by Crippen LogP contribution is 2.13. The minimum Gasteiger partial charge on any atom is -0.389 e. The lowest BCUT2D eigenvalue weighted by Crippen LogP contribution is -2.47. The molecule has 0 fully saturated rings. The van der Waals surface area contributed by atoms with Crippen LogP contribution in [-0.4, -0.2) is 23.3 Å². The summed E-state index contributed by atoms with van der Waals surface area (Å²) in [5.74, 6) is 0.639. The summed E-state index contributed by atoms with van der Waals surface area (Å²) in [6.45, 7) is 11.2. The largest absolute Gasteiger partial charge is 0.389 e. The van der Waals surface area contributed by atoms with Crippen LogP contribution in [0.5, 0.6) is 0 Å². The van der Waals surface area contributed by atoms with Crippen molar-refractivity contribution >= 4 is 0 Å². The molecule has 2 nitrogen and oxygen atoms in total. The Morgan fingerprint density at radius 2 is 1.83 bits per heavy atom. The smallest absolute Gasteiger partial charge is 0.0766 e. The fourth-order valence-corrected chi connectivity index (χ4v) is 0.939. The van der Waals surface area contributed by atoms with E-state index in [0.29, 0.717) is 5.92 Å². The van der Waals surface area contributed by atoms with Gasteiger partial charge < -0.3 is 10.4 Å². The molecule has 0 aromatic heterocycles. The highest BCUT2D eigenvalue weighted by molar-refractivity contribution is 4.82. The zero-order chi connectivity index (χ0) is 9.78. The van der Waals surface area contributed by atoms with E-state index in [1.807, 2.05) is 20.8 Å². The summed E-state index contributed by atoms with van der Waals surface area (Å²) < 4.78 is 0. The molecule has 0 radical (unpaired) electrons. The Morgan fingerprint density at radius 1 is 1.33 bits per heavy atom. The van der Waals surface area contributed by atoms with Gasteiger partial charge in [0, 0.05) is 6.04 Å². The second kappa shape index (κ2) is 4.83. The van der Waals surface area contributed by atoms with E-state index in [1.165, 1.54) is 0 Å². The molecule has 0 rings (SSSR count). The quantitative estimate of drug-likeness (QED) is 0.664. The third-order valence-corrected chi connectivity index (χ3v) is 2.48. The Labute approximate surface area is 76.4 Å². The maximum Gasteiger partial charge on any atom is 0.0766 e. The normalized spacial score (nSPS) is 19.2. The number of nitrogens with one attached hydrogen (secondary N) is 1. The van der Waals surface area contributed by atoms with Gasteiger partial charge in [0.2, 0.25) is 0 Å². The van der Waals surface area contributed by atoms with E-state index in [1.54, 1.807) is 0 Å². The Bertz CT molecular complexity index is 121. The molecule has 0 bridgehead atoms. The molecule has 0 spiro atoms. The van der Waals surface area contributed by atoms with Crippen LogP contribution in [0, 0.1) is 5.92 Å². The zero-order valence-corrected chi connectivity index (χ0v) is 9.02. The fourth-order valence-electron chi connectivity index (χ4n) is 0.939. The van der Waals surface area contributed by atoms with Gasteiger partial charge in [-0.05, 0) is 32.7 Å². The van der Waals surface area contributed by atoms with Gasteiger partial charge in [0.1, 0.15) is 0 Å². The van der Waals surface area contributed by atoms with Crippen LogP contribution < -0.4 is 5.32 Å². The predicted molar refractivity (Wildman–Crippen MR) is 53.2 cm³/mol. The van der Waals surface area contributed by atoms with E-state index in [-0.39, 0.29) is 6.04 Å². The van der Waals surface area contributed by atoms with Gasteiger partial charge in [-0.2, -0.15) is 0 Å². The number of hydrogen-bond acceptors (Lipinski definition) is 2. The lowest BCUT2D eigenvalue weighted by Gasteiger charge is -2.30. The molecule has 0 heterocycles. The molecular weight excluding hydrogens is 150 g/mol. The predicted octanol–water partition coefficient (Wildman–Crippen LogP) is 1.78. The Balaban J connectivity index is 3.78. The van der Waals surface area contributed by atoms with Gasteiger partial charge in [-0.25, -0.2) is 0 Å². The monoisotopic (exact) mass is 173 g/mol. The average Bonchev–Trinajstić information content (AvgIpc) is 2.00. The molecule has 0 aliphatic carbocycles. The highest BCUT2D eigenvalue weighted by atomic mass is 16.3. The molecular formula is C10H23NO. The lowest BCUT2D eigenvalue weighted by atomic mass is 9.94. The van der Waals surface area contributed by atoms with E-state index in [0.717, 1.165) is 13.0 Å². The number of hydrogen-bond donors (Lipinski definition) is 2. The molecule has 2 heteroatoms. The topological polar surface area (TPSA) is 32.3 Å². The van der Waals surface area contributed by atoms with Crippen molar-refractivity contribution in [2.75, 3.05) is 6.54 Å². The van der Waals surface area contributed by atoms with Crippen LogP contribution in [-0.2, 0) is 0 Å².